The largest absolute Gasteiger partial charge is 0.421 e. The van der Waals surface area contributed by atoms with Crippen molar-refractivity contribution in [1.82, 2.24) is 0 Å². The Morgan fingerprint density at radius 3 is 2.05 bits per heavy atom. The van der Waals surface area contributed by atoms with E-state index in [-0.39, 0.29) is 11.5 Å². The van der Waals surface area contributed by atoms with Crippen molar-refractivity contribution >= 4 is 10.8 Å². The lowest BCUT2D eigenvalue weighted by atomic mass is 9.87. The Kier molecular flexibility index (Phi) is 3.54. The number of benzene rings is 2. The molecule has 0 aromatic heterocycles. The van der Waals surface area contributed by atoms with Crippen molar-refractivity contribution in [3.8, 4) is 0 Å². The third kappa shape index (κ3) is 2.29. The summed E-state index contributed by atoms with van der Waals surface area (Å²) in [6, 6.07) is 9.94. The van der Waals surface area contributed by atoms with Crippen molar-refractivity contribution in [3.63, 3.8) is 0 Å². The standard InChI is InChI=1S/C16H17F3O/c1-10(2)11-6-4-8-13-12(11)7-5-9-14(13)15(3,20)16(17,18)19/h4-10,20H,1-3H3. The number of rotatable bonds is 2. The van der Waals surface area contributed by atoms with Crippen molar-refractivity contribution in [1.29, 1.82) is 0 Å². The van der Waals surface area contributed by atoms with Crippen LogP contribution in [0.15, 0.2) is 36.4 Å². The van der Waals surface area contributed by atoms with Gasteiger partial charge in [-0.25, -0.2) is 0 Å². The first-order valence-electron chi connectivity index (χ1n) is 6.47. The number of hydrogen-bond acceptors (Lipinski definition) is 1. The number of aliphatic hydroxyl groups is 1. The van der Waals surface area contributed by atoms with Gasteiger partial charge in [0.25, 0.3) is 0 Å². The average molecular weight is 282 g/mol. The van der Waals surface area contributed by atoms with Gasteiger partial charge in [0.15, 0.2) is 5.60 Å². The maximum Gasteiger partial charge on any atom is 0.421 e. The highest BCUT2D eigenvalue weighted by atomic mass is 19.4. The van der Waals surface area contributed by atoms with Gasteiger partial charge in [-0.3, -0.25) is 0 Å². The van der Waals surface area contributed by atoms with Crippen molar-refractivity contribution in [3.05, 3.63) is 47.5 Å². The molecule has 1 nitrogen and oxygen atoms in total. The molecule has 4 heteroatoms. The fourth-order valence-electron chi connectivity index (χ4n) is 2.41. The Morgan fingerprint density at radius 2 is 1.50 bits per heavy atom. The molecule has 0 bridgehead atoms. The summed E-state index contributed by atoms with van der Waals surface area (Å²) >= 11 is 0. The van der Waals surface area contributed by atoms with E-state index in [0.717, 1.165) is 17.9 Å². The van der Waals surface area contributed by atoms with Gasteiger partial charge in [-0.2, -0.15) is 13.2 Å². The second kappa shape index (κ2) is 4.77. The van der Waals surface area contributed by atoms with Crippen LogP contribution >= 0.6 is 0 Å². The van der Waals surface area contributed by atoms with Gasteiger partial charge < -0.3 is 5.11 Å². The van der Waals surface area contributed by atoms with Gasteiger partial charge in [-0.05, 0) is 29.2 Å². The third-order valence-electron chi connectivity index (χ3n) is 3.65. The van der Waals surface area contributed by atoms with Crippen molar-refractivity contribution in [2.75, 3.05) is 0 Å². The van der Waals surface area contributed by atoms with Gasteiger partial charge in [-0.1, -0.05) is 50.2 Å². The van der Waals surface area contributed by atoms with Crippen molar-refractivity contribution in [2.45, 2.75) is 38.5 Å². The lowest BCUT2D eigenvalue weighted by Crippen LogP contribution is -2.39. The van der Waals surface area contributed by atoms with Gasteiger partial charge in [0.1, 0.15) is 0 Å². The minimum Gasteiger partial charge on any atom is -0.376 e. The molecule has 108 valence electrons. The van der Waals surface area contributed by atoms with Crippen LogP contribution in [-0.4, -0.2) is 11.3 Å². The summed E-state index contributed by atoms with van der Waals surface area (Å²) in [7, 11) is 0. The Bertz CT molecular complexity index is 627. The zero-order valence-electron chi connectivity index (χ0n) is 11.6. The molecule has 0 amide bonds. The highest BCUT2D eigenvalue weighted by Gasteiger charge is 2.51. The topological polar surface area (TPSA) is 20.2 Å². The zero-order chi connectivity index (χ0) is 15.1. The van der Waals surface area contributed by atoms with Crippen LogP contribution in [0.4, 0.5) is 13.2 Å². The SMILES string of the molecule is CC(C)c1cccc2c(C(C)(O)C(F)(F)F)cccc12. The number of fused-ring (bicyclic) bond motifs is 1. The van der Waals surface area contributed by atoms with Gasteiger partial charge in [-0.15, -0.1) is 0 Å². The van der Waals surface area contributed by atoms with E-state index < -0.39 is 11.8 Å². The minimum atomic E-state index is -4.71. The highest BCUT2D eigenvalue weighted by Crippen LogP contribution is 2.42. The van der Waals surface area contributed by atoms with Crippen LogP contribution in [0.25, 0.3) is 10.8 Å². The highest BCUT2D eigenvalue weighted by molar-refractivity contribution is 5.89. The van der Waals surface area contributed by atoms with Gasteiger partial charge >= 0.3 is 6.18 Å². The molecule has 20 heavy (non-hydrogen) atoms. The number of alkyl halides is 3. The lowest BCUT2D eigenvalue weighted by molar-refractivity contribution is -0.258. The van der Waals surface area contributed by atoms with E-state index in [1.807, 2.05) is 19.9 Å². The summed E-state index contributed by atoms with van der Waals surface area (Å²) in [5, 5.41) is 11.1. The monoisotopic (exact) mass is 282 g/mol. The fourth-order valence-corrected chi connectivity index (χ4v) is 2.41. The van der Waals surface area contributed by atoms with Crippen LogP contribution in [0.5, 0.6) is 0 Å². The van der Waals surface area contributed by atoms with E-state index in [9.17, 15) is 18.3 Å². The summed E-state index contributed by atoms with van der Waals surface area (Å²) in [6.45, 7) is 4.77. The normalized spacial score (nSPS) is 15.6. The van der Waals surface area contributed by atoms with E-state index in [0.29, 0.717) is 5.39 Å². The first-order chi connectivity index (χ1) is 9.16. The molecule has 0 aliphatic heterocycles. The van der Waals surface area contributed by atoms with E-state index in [1.54, 1.807) is 24.3 Å². The first-order valence-corrected chi connectivity index (χ1v) is 6.47. The molecule has 0 fully saturated rings. The van der Waals surface area contributed by atoms with E-state index >= 15 is 0 Å². The van der Waals surface area contributed by atoms with Crippen LogP contribution in [0.2, 0.25) is 0 Å². The molecule has 0 radical (unpaired) electrons. The molecule has 0 saturated heterocycles. The predicted molar refractivity (Wildman–Crippen MR) is 73.7 cm³/mol. The van der Waals surface area contributed by atoms with Gasteiger partial charge in [0.2, 0.25) is 0 Å². The Hall–Kier alpha value is -1.55. The molecule has 1 unspecified atom stereocenters. The summed E-state index contributed by atoms with van der Waals surface area (Å²) in [6.07, 6.45) is -4.71. The molecule has 2 rings (SSSR count). The van der Waals surface area contributed by atoms with Crippen LogP contribution in [-0.2, 0) is 5.60 Å². The second-order valence-corrected chi connectivity index (χ2v) is 5.47. The van der Waals surface area contributed by atoms with Crippen molar-refractivity contribution in [2.24, 2.45) is 0 Å². The molecule has 1 atom stereocenters. The van der Waals surface area contributed by atoms with Crippen LogP contribution in [0, 0.1) is 0 Å². The Balaban J connectivity index is 2.77. The number of halogens is 3. The second-order valence-electron chi connectivity index (χ2n) is 5.47. The van der Waals surface area contributed by atoms with E-state index in [4.69, 9.17) is 0 Å². The third-order valence-corrected chi connectivity index (χ3v) is 3.65. The molecule has 0 heterocycles. The summed E-state index contributed by atoms with van der Waals surface area (Å²) in [4.78, 5) is 0. The summed E-state index contributed by atoms with van der Waals surface area (Å²) in [5.74, 6) is 0.199. The molecule has 2 aromatic rings. The Morgan fingerprint density at radius 1 is 0.950 bits per heavy atom. The van der Waals surface area contributed by atoms with E-state index in [2.05, 4.69) is 0 Å². The smallest absolute Gasteiger partial charge is 0.376 e. The average Bonchev–Trinajstić information content (AvgIpc) is 2.35. The molecule has 0 spiro atoms. The predicted octanol–water partition coefficient (Wildman–Crippen LogP) is 4.73. The Labute approximate surface area is 116 Å². The van der Waals surface area contributed by atoms with Crippen LogP contribution < -0.4 is 0 Å². The molecular formula is C16H17F3O. The maximum absolute atomic E-state index is 13.1. The minimum absolute atomic E-state index is 0.106. The van der Waals surface area contributed by atoms with Crippen LogP contribution in [0.1, 0.15) is 37.8 Å². The van der Waals surface area contributed by atoms with Crippen molar-refractivity contribution < 1.29 is 18.3 Å². The molecule has 0 saturated carbocycles. The van der Waals surface area contributed by atoms with Gasteiger partial charge in [0, 0.05) is 5.56 Å². The molecule has 0 aliphatic carbocycles. The summed E-state index contributed by atoms with van der Waals surface area (Å²) < 4.78 is 39.2. The zero-order valence-corrected chi connectivity index (χ0v) is 11.6. The molecule has 1 N–H and O–H groups in total. The first kappa shape index (κ1) is 14.9. The van der Waals surface area contributed by atoms with E-state index in [1.165, 1.54) is 6.07 Å². The summed E-state index contributed by atoms with van der Waals surface area (Å²) in [5.41, 5.74) is -1.99. The quantitative estimate of drug-likeness (QED) is 0.844. The molecule has 0 aliphatic rings. The maximum atomic E-state index is 13.1. The number of hydrogen-bond donors (Lipinski definition) is 1. The molecular weight excluding hydrogens is 265 g/mol. The molecule has 2 aromatic carbocycles. The fraction of sp³-hybridized carbons (Fsp3) is 0.375. The van der Waals surface area contributed by atoms with Crippen LogP contribution in [0.3, 0.4) is 0 Å². The van der Waals surface area contributed by atoms with Gasteiger partial charge in [0.05, 0.1) is 0 Å². The lowest BCUT2D eigenvalue weighted by Gasteiger charge is -2.28.